The number of rotatable bonds is 7. The number of amides is 1. The van der Waals surface area contributed by atoms with E-state index < -0.39 is 6.04 Å². The topological polar surface area (TPSA) is 75.7 Å². The molecule has 0 aliphatic carbocycles. The van der Waals surface area contributed by atoms with Gasteiger partial charge in [-0.3, -0.25) is 4.79 Å². The molecule has 1 atom stereocenters. The number of carbonyl (C=O) groups is 1. The highest BCUT2D eigenvalue weighted by atomic mass is 32.1. The zero-order valence-corrected chi connectivity index (χ0v) is 20.6. The van der Waals surface area contributed by atoms with E-state index in [0.29, 0.717) is 11.4 Å². The van der Waals surface area contributed by atoms with Crippen LogP contribution in [-0.4, -0.2) is 44.3 Å². The van der Waals surface area contributed by atoms with Gasteiger partial charge in [-0.1, -0.05) is 47.7 Å². The first-order valence-corrected chi connectivity index (χ1v) is 12.4. The van der Waals surface area contributed by atoms with Crippen LogP contribution in [0, 0.1) is 6.92 Å². The molecule has 3 aromatic carbocycles. The van der Waals surface area contributed by atoms with Gasteiger partial charge in [0.05, 0.1) is 36.2 Å². The minimum atomic E-state index is -0.592. The normalized spacial score (nSPS) is 14.5. The lowest BCUT2D eigenvalue weighted by Crippen LogP contribution is -2.36. The molecule has 8 heteroatoms. The molecule has 4 aromatic rings. The minimum absolute atomic E-state index is 0.168. The number of thiazole rings is 1. The molecule has 1 aromatic heterocycles. The summed E-state index contributed by atoms with van der Waals surface area (Å²) in [6, 6.07) is 20.9. The summed E-state index contributed by atoms with van der Waals surface area (Å²) in [6.07, 6.45) is 0. The zero-order chi connectivity index (χ0) is 24.2. The van der Waals surface area contributed by atoms with Crippen molar-refractivity contribution in [3.05, 3.63) is 77.9 Å². The van der Waals surface area contributed by atoms with E-state index >= 15 is 0 Å². The smallest absolute Gasteiger partial charge is 0.251 e. The molecule has 1 unspecified atom stereocenters. The molecule has 0 bridgehead atoms. The third-order valence-corrected chi connectivity index (χ3v) is 7.06. The molecule has 35 heavy (non-hydrogen) atoms. The average Bonchev–Trinajstić information content (AvgIpc) is 3.32. The number of methoxy groups -OCH3 is 1. The molecule has 1 amide bonds. The Morgan fingerprint density at radius 2 is 1.89 bits per heavy atom. The van der Waals surface area contributed by atoms with Crippen molar-refractivity contribution in [1.29, 1.82) is 0 Å². The number of carbonyl (C=O) groups excluding carboxylic acids is 1. The Bertz CT molecular complexity index is 1320. The lowest BCUT2D eigenvalue weighted by atomic mass is 10.1. The Balaban J connectivity index is 1.42. The summed E-state index contributed by atoms with van der Waals surface area (Å²) in [6.45, 7) is 5.13. The number of aryl methyl sites for hydroxylation is 1. The van der Waals surface area contributed by atoms with E-state index in [1.807, 2.05) is 67.6 Å². The van der Waals surface area contributed by atoms with Crippen LogP contribution in [0.25, 0.3) is 10.2 Å². The van der Waals surface area contributed by atoms with Crippen molar-refractivity contribution in [2.75, 3.05) is 48.9 Å². The van der Waals surface area contributed by atoms with Gasteiger partial charge in [-0.15, -0.1) is 0 Å². The number of morpholine rings is 1. The number of aromatic nitrogens is 1. The van der Waals surface area contributed by atoms with Crippen molar-refractivity contribution in [3.63, 3.8) is 0 Å². The first-order chi connectivity index (χ1) is 17.1. The fourth-order valence-electron chi connectivity index (χ4n) is 4.13. The van der Waals surface area contributed by atoms with E-state index in [1.165, 1.54) is 0 Å². The van der Waals surface area contributed by atoms with Crippen molar-refractivity contribution >= 4 is 44.0 Å². The van der Waals surface area contributed by atoms with E-state index in [2.05, 4.69) is 21.6 Å². The first-order valence-electron chi connectivity index (χ1n) is 11.6. The van der Waals surface area contributed by atoms with Gasteiger partial charge in [0.15, 0.2) is 5.13 Å². The monoisotopic (exact) mass is 488 g/mol. The van der Waals surface area contributed by atoms with E-state index in [-0.39, 0.29) is 5.91 Å². The maximum absolute atomic E-state index is 13.5. The summed E-state index contributed by atoms with van der Waals surface area (Å²) >= 11 is 1.66. The molecule has 1 aliphatic heterocycles. The fourth-order valence-corrected chi connectivity index (χ4v) is 5.19. The Kier molecular flexibility index (Phi) is 6.83. The van der Waals surface area contributed by atoms with Gasteiger partial charge in [-0.25, -0.2) is 4.98 Å². The van der Waals surface area contributed by atoms with Crippen LogP contribution in [0.4, 0.5) is 16.5 Å². The van der Waals surface area contributed by atoms with Crippen molar-refractivity contribution in [2.45, 2.75) is 13.0 Å². The second-order valence-corrected chi connectivity index (χ2v) is 9.47. The summed E-state index contributed by atoms with van der Waals surface area (Å²) in [7, 11) is 1.60. The predicted molar refractivity (Wildman–Crippen MR) is 142 cm³/mol. The van der Waals surface area contributed by atoms with Crippen molar-refractivity contribution < 1.29 is 14.3 Å². The van der Waals surface area contributed by atoms with Gasteiger partial charge >= 0.3 is 0 Å². The third kappa shape index (κ3) is 5.23. The molecule has 2 N–H and O–H groups in total. The van der Waals surface area contributed by atoms with Crippen LogP contribution in [0.15, 0.2) is 66.7 Å². The van der Waals surface area contributed by atoms with Gasteiger partial charge in [0.1, 0.15) is 11.8 Å². The molecular formula is C27H28N4O3S. The van der Waals surface area contributed by atoms with Gasteiger partial charge in [0.2, 0.25) is 0 Å². The van der Waals surface area contributed by atoms with Gasteiger partial charge in [-0.05, 0) is 48.4 Å². The summed E-state index contributed by atoms with van der Waals surface area (Å²) < 4.78 is 12.0. The van der Waals surface area contributed by atoms with E-state index in [1.54, 1.807) is 18.4 Å². The highest BCUT2D eigenvalue weighted by Crippen LogP contribution is 2.33. The quantitative estimate of drug-likeness (QED) is 0.371. The largest absolute Gasteiger partial charge is 0.495 e. The highest BCUT2D eigenvalue weighted by molar-refractivity contribution is 7.22. The summed E-state index contributed by atoms with van der Waals surface area (Å²) in [5.41, 5.74) is 4.36. The SMILES string of the molecule is COc1ccc(C)cc1NC(=O)C(Nc1ccc2nc(N3CCOCC3)sc2c1)c1ccccc1. The lowest BCUT2D eigenvalue weighted by Gasteiger charge is -2.25. The van der Waals surface area contributed by atoms with Gasteiger partial charge in [0, 0.05) is 18.8 Å². The Morgan fingerprint density at radius 3 is 2.66 bits per heavy atom. The van der Waals surface area contributed by atoms with Gasteiger partial charge in [-0.2, -0.15) is 0 Å². The molecule has 1 saturated heterocycles. The van der Waals surface area contributed by atoms with Crippen molar-refractivity contribution in [1.82, 2.24) is 4.98 Å². The number of hydrogen-bond donors (Lipinski definition) is 2. The number of anilines is 3. The predicted octanol–water partition coefficient (Wildman–Crippen LogP) is 5.24. The number of ether oxygens (including phenoxy) is 2. The second kappa shape index (κ2) is 10.3. The first kappa shape index (κ1) is 23.1. The molecule has 0 saturated carbocycles. The summed E-state index contributed by atoms with van der Waals surface area (Å²) in [5.74, 6) is 0.455. The number of benzene rings is 3. The maximum Gasteiger partial charge on any atom is 0.251 e. The van der Waals surface area contributed by atoms with E-state index in [9.17, 15) is 4.79 Å². The standard InChI is InChI=1S/C27H28N4O3S/c1-18-8-11-23(33-2)22(16-18)29-26(32)25(19-6-4-3-5-7-19)28-20-9-10-21-24(17-20)35-27(30-21)31-12-14-34-15-13-31/h3-11,16-17,25,28H,12-15H2,1-2H3,(H,29,32). The van der Waals surface area contributed by atoms with Gasteiger partial charge < -0.3 is 25.0 Å². The Morgan fingerprint density at radius 1 is 1.09 bits per heavy atom. The van der Waals surface area contributed by atoms with Crippen LogP contribution >= 0.6 is 11.3 Å². The zero-order valence-electron chi connectivity index (χ0n) is 19.8. The van der Waals surface area contributed by atoms with Crippen LogP contribution in [0.2, 0.25) is 0 Å². The molecule has 1 aliphatic rings. The number of fused-ring (bicyclic) bond motifs is 1. The highest BCUT2D eigenvalue weighted by Gasteiger charge is 2.23. The Labute approximate surface area is 208 Å². The molecule has 180 valence electrons. The van der Waals surface area contributed by atoms with Crippen molar-refractivity contribution in [2.24, 2.45) is 0 Å². The van der Waals surface area contributed by atoms with Crippen LogP contribution in [0.3, 0.4) is 0 Å². The molecular weight excluding hydrogens is 460 g/mol. The summed E-state index contributed by atoms with van der Waals surface area (Å²) in [4.78, 5) is 20.6. The van der Waals surface area contributed by atoms with Crippen molar-refractivity contribution in [3.8, 4) is 5.75 Å². The molecule has 0 spiro atoms. The van der Waals surface area contributed by atoms with E-state index in [0.717, 1.165) is 58.5 Å². The third-order valence-electron chi connectivity index (χ3n) is 5.98. The number of hydrogen-bond acceptors (Lipinski definition) is 7. The van der Waals surface area contributed by atoms with Crippen LogP contribution in [0.5, 0.6) is 5.75 Å². The Hall–Kier alpha value is -3.62. The number of nitrogens with one attached hydrogen (secondary N) is 2. The summed E-state index contributed by atoms with van der Waals surface area (Å²) in [5, 5.41) is 7.50. The fraction of sp³-hybridized carbons (Fsp3) is 0.259. The minimum Gasteiger partial charge on any atom is -0.495 e. The second-order valence-electron chi connectivity index (χ2n) is 8.46. The van der Waals surface area contributed by atoms with Crippen LogP contribution < -0.4 is 20.3 Å². The van der Waals surface area contributed by atoms with Gasteiger partial charge in [0.25, 0.3) is 5.91 Å². The molecule has 7 nitrogen and oxygen atoms in total. The molecule has 1 fully saturated rings. The molecule has 5 rings (SSSR count). The van der Waals surface area contributed by atoms with E-state index in [4.69, 9.17) is 14.5 Å². The lowest BCUT2D eigenvalue weighted by molar-refractivity contribution is -0.117. The molecule has 2 heterocycles. The maximum atomic E-state index is 13.5. The number of nitrogens with zero attached hydrogens (tertiary/aromatic N) is 2. The molecule has 0 radical (unpaired) electrons. The average molecular weight is 489 g/mol. The van der Waals surface area contributed by atoms with Crippen LogP contribution in [-0.2, 0) is 9.53 Å². The van der Waals surface area contributed by atoms with Crippen LogP contribution in [0.1, 0.15) is 17.2 Å².